The molecule has 110 valence electrons. The zero-order chi connectivity index (χ0) is 14.7. The van der Waals surface area contributed by atoms with E-state index in [2.05, 4.69) is 14.9 Å². The molecule has 0 spiro atoms. The second-order valence-corrected chi connectivity index (χ2v) is 5.42. The number of aryl methyl sites for hydroxylation is 2. The van der Waals surface area contributed by atoms with Gasteiger partial charge in [0, 0.05) is 37.8 Å². The minimum Gasteiger partial charge on any atom is -0.353 e. The summed E-state index contributed by atoms with van der Waals surface area (Å²) in [4.78, 5) is 16.3. The second kappa shape index (κ2) is 6.08. The van der Waals surface area contributed by atoms with Gasteiger partial charge in [-0.1, -0.05) is 12.1 Å². The highest BCUT2D eigenvalue weighted by Gasteiger charge is 2.20. The number of hydrogen-bond acceptors (Lipinski definition) is 2. The Hall–Kier alpha value is -2.17. The SMILES string of the molecule is O=C(CCc1ccc(F)cc1)NC1CCn2ccnc2C1. The average Bonchev–Trinajstić information content (AvgIpc) is 2.94. The van der Waals surface area contributed by atoms with E-state index < -0.39 is 0 Å². The van der Waals surface area contributed by atoms with Gasteiger partial charge in [-0.05, 0) is 30.5 Å². The lowest BCUT2D eigenvalue weighted by molar-refractivity contribution is -0.121. The van der Waals surface area contributed by atoms with Gasteiger partial charge in [0.2, 0.25) is 5.91 Å². The topological polar surface area (TPSA) is 46.9 Å². The lowest BCUT2D eigenvalue weighted by Crippen LogP contribution is -2.40. The van der Waals surface area contributed by atoms with Crippen LogP contribution in [-0.4, -0.2) is 21.5 Å². The summed E-state index contributed by atoms with van der Waals surface area (Å²) in [7, 11) is 0. The molecule has 1 aromatic heterocycles. The summed E-state index contributed by atoms with van der Waals surface area (Å²) in [6, 6.07) is 6.46. The summed E-state index contributed by atoms with van der Waals surface area (Å²) in [5, 5.41) is 3.06. The Labute approximate surface area is 123 Å². The first-order chi connectivity index (χ1) is 10.2. The molecule has 21 heavy (non-hydrogen) atoms. The zero-order valence-corrected chi connectivity index (χ0v) is 11.8. The molecule has 1 aliphatic rings. The Morgan fingerprint density at radius 1 is 1.38 bits per heavy atom. The Bertz CT molecular complexity index is 621. The molecule has 1 N–H and O–H groups in total. The van der Waals surface area contributed by atoms with Crippen LogP contribution in [0.2, 0.25) is 0 Å². The lowest BCUT2D eigenvalue weighted by Gasteiger charge is -2.24. The van der Waals surface area contributed by atoms with E-state index in [4.69, 9.17) is 0 Å². The highest BCUT2D eigenvalue weighted by atomic mass is 19.1. The first-order valence-electron chi connectivity index (χ1n) is 7.24. The Morgan fingerprint density at radius 2 is 2.19 bits per heavy atom. The fraction of sp³-hybridized carbons (Fsp3) is 0.375. The van der Waals surface area contributed by atoms with Crippen LogP contribution in [-0.2, 0) is 24.2 Å². The van der Waals surface area contributed by atoms with Gasteiger partial charge in [-0.3, -0.25) is 4.79 Å². The fourth-order valence-corrected chi connectivity index (χ4v) is 2.68. The third-order valence-electron chi connectivity index (χ3n) is 3.87. The standard InChI is InChI=1S/C16H18FN3O/c17-13-4-1-12(2-5-13)3-6-16(21)19-14-7-9-20-10-8-18-15(20)11-14/h1-2,4-5,8,10,14H,3,6-7,9,11H2,(H,19,21). The monoisotopic (exact) mass is 287 g/mol. The van der Waals surface area contributed by atoms with E-state index >= 15 is 0 Å². The third-order valence-corrected chi connectivity index (χ3v) is 3.87. The smallest absolute Gasteiger partial charge is 0.220 e. The van der Waals surface area contributed by atoms with Gasteiger partial charge in [-0.2, -0.15) is 0 Å². The quantitative estimate of drug-likeness (QED) is 0.936. The average molecular weight is 287 g/mol. The van der Waals surface area contributed by atoms with Gasteiger partial charge in [0.05, 0.1) is 0 Å². The summed E-state index contributed by atoms with van der Waals surface area (Å²) in [5.41, 5.74) is 0.978. The highest BCUT2D eigenvalue weighted by Crippen LogP contribution is 2.13. The number of aromatic nitrogens is 2. The number of amides is 1. The van der Waals surface area contributed by atoms with Gasteiger partial charge >= 0.3 is 0 Å². The molecule has 1 aromatic carbocycles. The molecule has 1 amide bonds. The molecule has 2 aromatic rings. The molecular weight excluding hydrogens is 269 g/mol. The van der Waals surface area contributed by atoms with Crippen molar-refractivity contribution in [3.63, 3.8) is 0 Å². The van der Waals surface area contributed by atoms with Crippen molar-refractivity contribution in [2.75, 3.05) is 0 Å². The summed E-state index contributed by atoms with van der Waals surface area (Å²) in [5.74, 6) is 0.829. The van der Waals surface area contributed by atoms with Crippen molar-refractivity contribution in [3.8, 4) is 0 Å². The van der Waals surface area contributed by atoms with Gasteiger partial charge < -0.3 is 9.88 Å². The van der Waals surface area contributed by atoms with Gasteiger partial charge in [0.1, 0.15) is 11.6 Å². The van der Waals surface area contributed by atoms with Crippen molar-refractivity contribution in [2.45, 2.75) is 38.3 Å². The molecule has 1 aliphatic heterocycles. The van der Waals surface area contributed by atoms with Crippen molar-refractivity contribution in [3.05, 3.63) is 53.9 Å². The lowest BCUT2D eigenvalue weighted by atomic mass is 10.1. The van der Waals surface area contributed by atoms with Crippen molar-refractivity contribution < 1.29 is 9.18 Å². The minimum atomic E-state index is -0.249. The number of carbonyl (C=O) groups is 1. The maximum absolute atomic E-state index is 12.8. The number of hydrogen-bond donors (Lipinski definition) is 1. The van der Waals surface area contributed by atoms with Crippen molar-refractivity contribution in [2.24, 2.45) is 0 Å². The van der Waals surface area contributed by atoms with Crippen LogP contribution >= 0.6 is 0 Å². The van der Waals surface area contributed by atoms with Crippen LogP contribution in [0.25, 0.3) is 0 Å². The highest BCUT2D eigenvalue weighted by molar-refractivity contribution is 5.76. The van der Waals surface area contributed by atoms with E-state index in [1.807, 2.05) is 6.20 Å². The molecule has 3 rings (SSSR count). The van der Waals surface area contributed by atoms with E-state index in [1.165, 1.54) is 12.1 Å². The molecule has 0 fully saturated rings. The molecule has 0 radical (unpaired) electrons. The molecule has 1 atom stereocenters. The zero-order valence-electron chi connectivity index (χ0n) is 11.8. The predicted molar refractivity (Wildman–Crippen MR) is 77.2 cm³/mol. The first-order valence-corrected chi connectivity index (χ1v) is 7.24. The van der Waals surface area contributed by atoms with E-state index in [0.717, 1.165) is 30.8 Å². The Kier molecular flexibility index (Phi) is 3.99. The van der Waals surface area contributed by atoms with Crippen LogP contribution in [0.15, 0.2) is 36.7 Å². The summed E-state index contributed by atoms with van der Waals surface area (Å²) in [6.07, 6.45) is 6.56. The van der Waals surface area contributed by atoms with Crippen LogP contribution in [0, 0.1) is 5.82 Å². The molecule has 1 unspecified atom stereocenters. The molecule has 2 heterocycles. The molecule has 0 saturated heterocycles. The van der Waals surface area contributed by atoms with Crippen LogP contribution in [0.3, 0.4) is 0 Å². The molecule has 0 saturated carbocycles. The van der Waals surface area contributed by atoms with E-state index in [0.29, 0.717) is 12.8 Å². The maximum atomic E-state index is 12.8. The molecule has 4 nitrogen and oxygen atoms in total. The van der Waals surface area contributed by atoms with Crippen LogP contribution < -0.4 is 5.32 Å². The van der Waals surface area contributed by atoms with E-state index in [9.17, 15) is 9.18 Å². The van der Waals surface area contributed by atoms with Gasteiger partial charge in [0.15, 0.2) is 0 Å². The van der Waals surface area contributed by atoms with Crippen molar-refractivity contribution in [1.29, 1.82) is 0 Å². The van der Waals surface area contributed by atoms with Crippen molar-refractivity contribution >= 4 is 5.91 Å². The summed E-state index contributed by atoms with van der Waals surface area (Å²) < 4.78 is 14.9. The normalized spacial score (nSPS) is 17.3. The Balaban J connectivity index is 1.47. The van der Waals surface area contributed by atoms with E-state index in [1.54, 1.807) is 18.3 Å². The number of imidazole rings is 1. The largest absolute Gasteiger partial charge is 0.353 e. The third kappa shape index (κ3) is 3.48. The number of fused-ring (bicyclic) bond motifs is 1. The Morgan fingerprint density at radius 3 is 3.00 bits per heavy atom. The van der Waals surface area contributed by atoms with Crippen LogP contribution in [0.4, 0.5) is 4.39 Å². The first kappa shape index (κ1) is 13.8. The van der Waals surface area contributed by atoms with Crippen molar-refractivity contribution in [1.82, 2.24) is 14.9 Å². The van der Waals surface area contributed by atoms with Crippen LogP contribution in [0.5, 0.6) is 0 Å². The van der Waals surface area contributed by atoms with Crippen LogP contribution in [0.1, 0.15) is 24.2 Å². The predicted octanol–water partition coefficient (Wildman–Crippen LogP) is 2.09. The van der Waals surface area contributed by atoms with E-state index in [-0.39, 0.29) is 17.8 Å². The van der Waals surface area contributed by atoms with Gasteiger partial charge in [-0.25, -0.2) is 9.37 Å². The number of nitrogens with zero attached hydrogens (tertiary/aromatic N) is 2. The summed E-state index contributed by atoms with van der Waals surface area (Å²) in [6.45, 7) is 0.901. The second-order valence-electron chi connectivity index (χ2n) is 5.42. The fourth-order valence-electron chi connectivity index (χ4n) is 2.68. The van der Waals surface area contributed by atoms with Gasteiger partial charge in [-0.15, -0.1) is 0 Å². The maximum Gasteiger partial charge on any atom is 0.220 e. The number of halogens is 1. The van der Waals surface area contributed by atoms with Gasteiger partial charge in [0.25, 0.3) is 0 Å². The number of carbonyl (C=O) groups excluding carboxylic acids is 1. The number of rotatable bonds is 4. The summed E-state index contributed by atoms with van der Waals surface area (Å²) >= 11 is 0. The number of nitrogens with one attached hydrogen (secondary N) is 1. The molecule has 0 bridgehead atoms. The number of benzene rings is 1. The minimum absolute atomic E-state index is 0.0457. The molecule has 5 heteroatoms. The molecular formula is C16H18FN3O. The molecule has 0 aliphatic carbocycles.